The van der Waals surface area contributed by atoms with E-state index in [0.29, 0.717) is 25.9 Å². The lowest BCUT2D eigenvalue weighted by molar-refractivity contribution is -0.137. The normalized spacial score (nSPS) is 17.4. The summed E-state index contributed by atoms with van der Waals surface area (Å²) < 4.78 is 1.93. The van der Waals surface area contributed by atoms with Crippen LogP contribution in [0, 0.1) is 0 Å². The van der Waals surface area contributed by atoms with Crippen molar-refractivity contribution in [1.82, 2.24) is 19.7 Å². The van der Waals surface area contributed by atoms with Crippen molar-refractivity contribution in [2.24, 2.45) is 0 Å². The number of nitrogens with zero attached hydrogens (tertiary/aromatic N) is 4. The molecule has 1 aromatic heterocycles. The van der Waals surface area contributed by atoms with Gasteiger partial charge in [-0.15, -0.1) is 10.2 Å². The molecule has 0 saturated heterocycles. The molecule has 1 aliphatic heterocycles. The zero-order valence-electron chi connectivity index (χ0n) is 13.4. The Morgan fingerprint density at radius 3 is 2.74 bits per heavy atom. The Bertz CT molecular complexity index is 668. The molecule has 1 atom stereocenters. The van der Waals surface area contributed by atoms with Gasteiger partial charge in [-0.25, -0.2) is 0 Å². The summed E-state index contributed by atoms with van der Waals surface area (Å²) in [7, 11) is 0. The van der Waals surface area contributed by atoms with Crippen LogP contribution in [0.4, 0.5) is 0 Å². The Hall–Kier alpha value is -2.21. The lowest BCUT2D eigenvalue weighted by Gasteiger charge is -2.32. The summed E-state index contributed by atoms with van der Waals surface area (Å²) in [5.74, 6) is 1.73. The predicted octanol–water partition coefficient (Wildman–Crippen LogP) is 1.35. The molecule has 1 aromatic carbocycles. The zero-order valence-corrected chi connectivity index (χ0v) is 13.4. The standard InChI is InChI=1S/C17H22N4O2/c1-13-17(23)20(10-9-14-6-3-2-4-7-14)12-16-19-18-15(21(13)16)8-5-11-22/h2-4,6-7,13,22H,5,8-12H2,1H3/t13-/m0/s1. The smallest absolute Gasteiger partial charge is 0.245 e. The first kappa shape index (κ1) is 15.7. The van der Waals surface area contributed by atoms with Gasteiger partial charge in [0.25, 0.3) is 0 Å². The molecule has 6 nitrogen and oxygen atoms in total. The minimum atomic E-state index is -0.279. The number of carbonyl (C=O) groups is 1. The van der Waals surface area contributed by atoms with Crippen LogP contribution in [-0.4, -0.2) is 43.8 Å². The van der Waals surface area contributed by atoms with Crippen LogP contribution in [0.2, 0.25) is 0 Å². The van der Waals surface area contributed by atoms with Crippen molar-refractivity contribution in [2.45, 2.75) is 38.8 Å². The topological polar surface area (TPSA) is 71.2 Å². The van der Waals surface area contributed by atoms with E-state index >= 15 is 0 Å². The lowest BCUT2D eigenvalue weighted by Crippen LogP contribution is -2.43. The molecule has 2 aromatic rings. The number of amides is 1. The summed E-state index contributed by atoms with van der Waals surface area (Å²) in [6, 6.07) is 9.90. The average Bonchev–Trinajstić information content (AvgIpc) is 2.99. The quantitative estimate of drug-likeness (QED) is 0.873. The Morgan fingerprint density at radius 2 is 2.00 bits per heavy atom. The van der Waals surface area contributed by atoms with Gasteiger partial charge in [-0.05, 0) is 25.3 Å². The second-order valence-electron chi connectivity index (χ2n) is 5.90. The molecule has 2 heterocycles. The number of carbonyl (C=O) groups excluding carboxylic acids is 1. The fourth-order valence-corrected chi connectivity index (χ4v) is 3.04. The van der Waals surface area contributed by atoms with Gasteiger partial charge in [0.2, 0.25) is 5.91 Å². The molecule has 1 amide bonds. The van der Waals surface area contributed by atoms with Gasteiger partial charge in [-0.1, -0.05) is 30.3 Å². The monoisotopic (exact) mass is 314 g/mol. The second kappa shape index (κ2) is 6.91. The highest BCUT2D eigenvalue weighted by molar-refractivity contribution is 5.81. The highest BCUT2D eigenvalue weighted by Gasteiger charge is 2.32. The van der Waals surface area contributed by atoms with Crippen LogP contribution < -0.4 is 0 Å². The molecular formula is C17H22N4O2. The zero-order chi connectivity index (χ0) is 16.2. The first-order chi connectivity index (χ1) is 11.2. The van der Waals surface area contributed by atoms with E-state index in [1.807, 2.05) is 34.6 Å². The fourth-order valence-electron chi connectivity index (χ4n) is 3.04. The highest BCUT2D eigenvalue weighted by Crippen LogP contribution is 2.23. The van der Waals surface area contributed by atoms with Gasteiger partial charge in [-0.3, -0.25) is 4.79 Å². The summed E-state index contributed by atoms with van der Waals surface area (Å²) in [4.78, 5) is 14.5. The van der Waals surface area contributed by atoms with Crippen molar-refractivity contribution < 1.29 is 9.90 Å². The van der Waals surface area contributed by atoms with Crippen LogP contribution >= 0.6 is 0 Å². The number of aryl methyl sites for hydroxylation is 1. The number of aromatic nitrogens is 3. The van der Waals surface area contributed by atoms with E-state index in [9.17, 15) is 4.79 Å². The van der Waals surface area contributed by atoms with Crippen molar-refractivity contribution in [3.05, 3.63) is 47.5 Å². The van der Waals surface area contributed by atoms with Crippen LogP contribution in [0.15, 0.2) is 30.3 Å². The van der Waals surface area contributed by atoms with E-state index < -0.39 is 0 Å². The molecule has 1 N–H and O–H groups in total. The molecule has 6 heteroatoms. The second-order valence-corrected chi connectivity index (χ2v) is 5.90. The van der Waals surface area contributed by atoms with Crippen LogP contribution in [0.25, 0.3) is 0 Å². The minimum Gasteiger partial charge on any atom is -0.396 e. The number of rotatable bonds is 6. The molecule has 0 bridgehead atoms. The Kier molecular flexibility index (Phi) is 4.71. The molecule has 1 aliphatic rings. The molecule has 23 heavy (non-hydrogen) atoms. The van der Waals surface area contributed by atoms with E-state index in [1.165, 1.54) is 5.56 Å². The Morgan fingerprint density at radius 1 is 1.22 bits per heavy atom. The molecular weight excluding hydrogens is 292 g/mol. The van der Waals surface area contributed by atoms with E-state index in [2.05, 4.69) is 22.3 Å². The van der Waals surface area contributed by atoms with E-state index in [1.54, 1.807) is 0 Å². The van der Waals surface area contributed by atoms with E-state index in [-0.39, 0.29) is 18.6 Å². The predicted molar refractivity (Wildman–Crippen MR) is 85.7 cm³/mol. The third-order valence-corrected chi connectivity index (χ3v) is 4.30. The maximum atomic E-state index is 12.6. The van der Waals surface area contributed by atoms with Crippen LogP contribution in [0.5, 0.6) is 0 Å². The number of benzene rings is 1. The van der Waals surface area contributed by atoms with Crippen LogP contribution in [0.1, 0.15) is 36.6 Å². The van der Waals surface area contributed by atoms with Gasteiger partial charge in [0.1, 0.15) is 11.9 Å². The summed E-state index contributed by atoms with van der Waals surface area (Å²) in [5.41, 5.74) is 1.23. The summed E-state index contributed by atoms with van der Waals surface area (Å²) in [5, 5.41) is 17.4. The van der Waals surface area contributed by atoms with Gasteiger partial charge in [0, 0.05) is 19.6 Å². The van der Waals surface area contributed by atoms with Gasteiger partial charge < -0.3 is 14.6 Å². The Balaban J connectivity index is 1.71. The Labute approximate surface area is 135 Å². The van der Waals surface area contributed by atoms with Crippen molar-refractivity contribution >= 4 is 5.91 Å². The van der Waals surface area contributed by atoms with Crippen molar-refractivity contribution in [1.29, 1.82) is 0 Å². The van der Waals surface area contributed by atoms with Crippen molar-refractivity contribution in [3.63, 3.8) is 0 Å². The van der Waals surface area contributed by atoms with Gasteiger partial charge >= 0.3 is 0 Å². The first-order valence-corrected chi connectivity index (χ1v) is 8.07. The number of hydrogen-bond acceptors (Lipinski definition) is 4. The maximum Gasteiger partial charge on any atom is 0.245 e. The van der Waals surface area contributed by atoms with E-state index in [4.69, 9.17) is 5.11 Å². The lowest BCUT2D eigenvalue weighted by atomic mass is 10.1. The minimum absolute atomic E-state index is 0.110. The van der Waals surface area contributed by atoms with Crippen LogP contribution in [-0.2, 0) is 24.2 Å². The number of aliphatic hydroxyl groups excluding tert-OH is 1. The van der Waals surface area contributed by atoms with E-state index in [0.717, 1.165) is 18.1 Å². The molecule has 0 spiro atoms. The van der Waals surface area contributed by atoms with Gasteiger partial charge in [0.15, 0.2) is 5.82 Å². The average molecular weight is 314 g/mol. The number of fused-ring (bicyclic) bond motifs is 1. The summed E-state index contributed by atoms with van der Waals surface area (Å²) in [6.07, 6.45) is 2.12. The summed E-state index contributed by atoms with van der Waals surface area (Å²) in [6.45, 7) is 3.20. The largest absolute Gasteiger partial charge is 0.396 e. The highest BCUT2D eigenvalue weighted by atomic mass is 16.3. The van der Waals surface area contributed by atoms with Gasteiger partial charge in [0.05, 0.1) is 6.54 Å². The molecule has 0 fully saturated rings. The van der Waals surface area contributed by atoms with Gasteiger partial charge in [-0.2, -0.15) is 0 Å². The molecule has 122 valence electrons. The molecule has 0 saturated carbocycles. The van der Waals surface area contributed by atoms with Crippen molar-refractivity contribution in [2.75, 3.05) is 13.2 Å². The number of aliphatic hydroxyl groups is 1. The third kappa shape index (κ3) is 3.27. The van der Waals surface area contributed by atoms with Crippen molar-refractivity contribution in [3.8, 4) is 0 Å². The SMILES string of the molecule is C[C@H]1C(=O)N(CCc2ccccc2)Cc2nnc(CCCO)n21. The van der Waals surface area contributed by atoms with Crippen LogP contribution in [0.3, 0.4) is 0 Å². The fraction of sp³-hybridized carbons (Fsp3) is 0.471. The first-order valence-electron chi connectivity index (χ1n) is 8.07. The maximum absolute atomic E-state index is 12.6. The molecule has 0 unspecified atom stereocenters. The molecule has 3 rings (SSSR count). The molecule has 0 radical (unpaired) electrons. The molecule has 0 aliphatic carbocycles. The third-order valence-electron chi connectivity index (χ3n) is 4.30. The number of hydrogen-bond donors (Lipinski definition) is 1. The summed E-state index contributed by atoms with van der Waals surface area (Å²) >= 11 is 0.